The van der Waals surface area contributed by atoms with E-state index < -0.39 is 30.2 Å². The van der Waals surface area contributed by atoms with E-state index >= 15 is 0 Å². The lowest BCUT2D eigenvalue weighted by atomic mass is 9.98. The standard InChI is InChI=1S/C19H38O7/c1-5-6-7-8-9-10-15(24-14-23-12-11-22-4)17(20)18(21)16-13-25-19(2,3)26-16/h15-18,20-21H,5-14H2,1-4H3/t15-,16-,17-,18-/m1/s1. The van der Waals surface area contributed by atoms with Crippen molar-refractivity contribution >= 4 is 0 Å². The molecular formula is C19H38O7. The molecule has 2 N–H and O–H groups in total. The molecule has 1 aliphatic rings. The van der Waals surface area contributed by atoms with Crippen LogP contribution in [0.1, 0.15) is 59.3 Å². The first-order valence-corrected chi connectivity index (χ1v) is 9.77. The molecule has 7 nitrogen and oxygen atoms in total. The molecule has 0 radical (unpaired) electrons. The van der Waals surface area contributed by atoms with Crippen LogP contribution < -0.4 is 0 Å². The Hall–Kier alpha value is -0.280. The maximum atomic E-state index is 10.6. The molecule has 0 aromatic heterocycles. The molecule has 1 saturated heterocycles. The van der Waals surface area contributed by atoms with E-state index in [0.717, 1.165) is 12.8 Å². The second kappa shape index (κ2) is 13.0. The van der Waals surface area contributed by atoms with E-state index in [-0.39, 0.29) is 13.4 Å². The summed E-state index contributed by atoms with van der Waals surface area (Å²) in [5.74, 6) is -0.745. The van der Waals surface area contributed by atoms with E-state index in [0.29, 0.717) is 19.6 Å². The minimum absolute atomic E-state index is 0.0558. The smallest absolute Gasteiger partial charge is 0.163 e. The van der Waals surface area contributed by atoms with Gasteiger partial charge in [-0.3, -0.25) is 0 Å². The van der Waals surface area contributed by atoms with Crippen LogP contribution in [-0.4, -0.2) is 74.1 Å². The molecule has 0 aromatic rings. The van der Waals surface area contributed by atoms with Gasteiger partial charge in [0.05, 0.1) is 25.9 Å². The average Bonchev–Trinajstić information content (AvgIpc) is 2.98. The van der Waals surface area contributed by atoms with Crippen molar-refractivity contribution in [1.29, 1.82) is 0 Å². The molecule has 26 heavy (non-hydrogen) atoms. The van der Waals surface area contributed by atoms with Crippen LogP contribution in [0.25, 0.3) is 0 Å². The molecule has 0 aromatic carbocycles. The summed E-state index contributed by atoms with van der Waals surface area (Å²) in [5.41, 5.74) is 0. The highest BCUT2D eigenvalue weighted by molar-refractivity contribution is 4.86. The summed E-state index contributed by atoms with van der Waals surface area (Å²) in [7, 11) is 1.61. The zero-order valence-electron chi connectivity index (χ0n) is 16.8. The number of methoxy groups -OCH3 is 1. The summed E-state index contributed by atoms with van der Waals surface area (Å²) >= 11 is 0. The number of unbranched alkanes of at least 4 members (excludes halogenated alkanes) is 4. The van der Waals surface area contributed by atoms with Crippen molar-refractivity contribution in [2.75, 3.05) is 33.7 Å². The van der Waals surface area contributed by atoms with Crippen LogP contribution in [-0.2, 0) is 23.7 Å². The Morgan fingerprint density at radius 1 is 1.12 bits per heavy atom. The highest BCUT2D eigenvalue weighted by Crippen LogP contribution is 2.27. The quantitative estimate of drug-likeness (QED) is 0.334. The predicted molar refractivity (Wildman–Crippen MR) is 97.9 cm³/mol. The van der Waals surface area contributed by atoms with E-state index in [4.69, 9.17) is 23.7 Å². The van der Waals surface area contributed by atoms with E-state index in [2.05, 4.69) is 6.92 Å². The molecule has 1 aliphatic heterocycles. The second-order valence-electron chi connectivity index (χ2n) is 7.28. The lowest BCUT2D eigenvalue weighted by Gasteiger charge is -2.30. The van der Waals surface area contributed by atoms with Gasteiger partial charge in [0.15, 0.2) is 5.79 Å². The number of aliphatic hydroxyl groups excluding tert-OH is 2. The summed E-state index contributed by atoms with van der Waals surface area (Å²) in [5, 5.41) is 21.1. The van der Waals surface area contributed by atoms with Crippen molar-refractivity contribution in [3.05, 3.63) is 0 Å². The largest absolute Gasteiger partial charge is 0.388 e. The van der Waals surface area contributed by atoms with Crippen LogP contribution in [0, 0.1) is 0 Å². The molecule has 0 spiro atoms. The van der Waals surface area contributed by atoms with Gasteiger partial charge in [-0.1, -0.05) is 39.0 Å². The normalized spacial score (nSPS) is 23.1. The highest BCUT2D eigenvalue weighted by Gasteiger charge is 2.41. The van der Waals surface area contributed by atoms with Gasteiger partial charge in [-0.05, 0) is 20.3 Å². The van der Waals surface area contributed by atoms with Crippen molar-refractivity contribution in [2.45, 2.75) is 89.5 Å². The van der Waals surface area contributed by atoms with Crippen LogP contribution in [0.5, 0.6) is 0 Å². The molecule has 0 aliphatic carbocycles. The van der Waals surface area contributed by atoms with Gasteiger partial charge in [0.25, 0.3) is 0 Å². The Balaban J connectivity index is 2.48. The van der Waals surface area contributed by atoms with Crippen LogP contribution in [0.15, 0.2) is 0 Å². The Labute approximate surface area is 157 Å². The number of hydrogen-bond donors (Lipinski definition) is 2. The van der Waals surface area contributed by atoms with Gasteiger partial charge < -0.3 is 33.9 Å². The Morgan fingerprint density at radius 3 is 2.46 bits per heavy atom. The van der Waals surface area contributed by atoms with E-state index in [1.54, 1.807) is 21.0 Å². The fourth-order valence-corrected chi connectivity index (χ4v) is 2.96. The van der Waals surface area contributed by atoms with Gasteiger partial charge in [0.1, 0.15) is 25.1 Å². The molecule has 0 unspecified atom stereocenters. The van der Waals surface area contributed by atoms with Crippen molar-refractivity contribution in [2.24, 2.45) is 0 Å². The molecule has 0 amide bonds. The van der Waals surface area contributed by atoms with Gasteiger partial charge in [-0.2, -0.15) is 0 Å². The minimum Gasteiger partial charge on any atom is -0.388 e. The maximum Gasteiger partial charge on any atom is 0.163 e. The van der Waals surface area contributed by atoms with Crippen molar-refractivity contribution in [3.63, 3.8) is 0 Å². The third kappa shape index (κ3) is 9.08. The first kappa shape index (κ1) is 23.8. The van der Waals surface area contributed by atoms with E-state index in [1.807, 2.05) is 0 Å². The second-order valence-corrected chi connectivity index (χ2v) is 7.28. The van der Waals surface area contributed by atoms with Crippen LogP contribution in [0.2, 0.25) is 0 Å². The summed E-state index contributed by atoms with van der Waals surface area (Å²) in [6.45, 7) is 6.97. The SMILES string of the molecule is CCCCCCC[C@@H](OCOCCOC)[C@@H](O)[C@H](O)[C@H]1COC(C)(C)O1. The average molecular weight is 379 g/mol. The minimum atomic E-state index is -1.07. The van der Waals surface area contributed by atoms with Crippen LogP contribution >= 0.6 is 0 Å². The maximum absolute atomic E-state index is 10.6. The van der Waals surface area contributed by atoms with E-state index in [9.17, 15) is 10.2 Å². The molecule has 7 heteroatoms. The zero-order chi connectivity index (χ0) is 19.4. The van der Waals surface area contributed by atoms with E-state index in [1.165, 1.54) is 19.3 Å². The first-order valence-electron chi connectivity index (χ1n) is 9.77. The molecule has 1 fully saturated rings. The zero-order valence-corrected chi connectivity index (χ0v) is 16.8. The summed E-state index contributed by atoms with van der Waals surface area (Å²) < 4.78 is 27.1. The highest BCUT2D eigenvalue weighted by atomic mass is 16.7. The molecule has 1 rings (SSSR count). The number of rotatable bonds is 15. The fourth-order valence-electron chi connectivity index (χ4n) is 2.96. The van der Waals surface area contributed by atoms with Crippen molar-refractivity contribution in [1.82, 2.24) is 0 Å². The van der Waals surface area contributed by atoms with Crippen molar-refractivity contribution in [3.8, 4) is 0 Å². The number of hydrogen-bond acceptors (Lipinski definition) is 7. The van der Waals surface area contributed by atoms with Gasteiger partial charge in [0, 0.05) is 7.11 Å². The molecule has 4 atom stereocenters. The van der Waals surface area contributed by atoms with Gasteiger partial charge in [-0.25, -0.2) is 0 Å². The molecule has 1 heterocycles. The Kier molecular flexibility index (Phi) is 11.9. The molecular weight excluding hydrogens is 340 g/mol. The van der Waals surface area contributed by atoms with Crippen LogP contribution in [0.3, 0.4) is 0 Å². The molecule has 0 saturated carbocycles. The first-order chi connectivity index (χ1) is 12.4. The summed E-state index contributed by atoms with van der Waals surface area (Å²) in [4.78, 5) is 0. The number of ether oxygens (including phenoxy) is 5. The third-order valence-corrected chi connectivity index (χ3v) is 4.53. The summed E-state index contributed by atoms with van der Waals surface area (Å²) in [6, 6.07) is 0. The third-order valence-electron chi connectivity index (χ3n) is 4.53. The number of aliphatic hydroxyl groups is 2. The van der Waals surface area contributed by atoms with Crippen molar-refractivity contribution < 1.29 is 33.9 Å². The van der Waals surface area contributed by atoms with Crippen LogP contribution in [0.4, 0.5) is 0 Å². The Bertz CT molecular complexity index is 337. The Morgan fingerprint density at radius 2 is 1.85 bits per heavy atom. The van der Waals surface area contributed by atoms with Gasteiger partial charge in [-0.15, -0.1) is 0 Å². The monoisotopic (exact) mass is 378 g/mol. The fraction of sp³-hybridized carbons (Fsp3) is 1.00. The van der Waals surface area contributed by atoms with Gasteiger partial charge in [0.2, 0.25) is 0 Å². The van der Waals surface area contributed by atoms with Gasteiger partial charge >= 0.3 is 0 Å². The lowest BCUT2D eigenvalue weighted by Crippen LogP contribution is -2.47. The summed E-state index contributed by atoms with van der Waals surface area (Å²) in [6.07, 6.45) is 3.01. The predicted octanol–water partition coefficient (Wildman–Crippen LogP) is 2.23. The lowest BCUT2D eigenvalue weighted by molar-refractivity contribution is -0.185. The molecule has 156 valence electrons. The topological polar surface area (TPSA) is 86.6 Å². The molecule has 0 bridgehead atoms.